The van der Waals surface area contributed by atoms with Crippen LogP contribution in [-0.2, 0) is 0 Å². The van der Waals surface area contributed by atoms with Crippen molar-refractivity contribution >= 4 is 0 Å². The predicted octanol–water partition coefficient (Wildman–Crippen LogP) is 1.79. The molecule has 0 aliphatic carbocycles. The average molecular weight is 69.1 g/mol. The number of hydrogen-bond donors (Lipinski definition) is 0. The minimum Gasteiger partial charge on any atom is -0.103 e. The third kappa shape index (κ3) is 168. The molecule has 0 aliphatic rings. The van der Waals surface area contributed by atoms with Crippen LogP contribution < -0.4 is 0 Å². The quantitative estimate of drug-likeness (QED) is 0.380. The lowest BCUT2D eigenvalue weighted by Crippen LogP contribution is -1.07. The van der Waals surface area contributed by atoms with Crippen molar-refractivity contribution in [3.05, 3.63) is 19.6 Å². The van der Waals surface area contributed by atoms with Crippen LogP contribution in [0.4, 0.5) is 0 Å². The highest BCUT2D eigenvalue weighted by Crippen LogP contribution is 1.38. The number of rotatable bonds is 0. The predicted molar refractivity (Wildman–Crippen MR) is 24.8 cm³/mol. The normalized spacial score (nSPS) is 3.80. The summed E-state index contributed by atoms with van der Waals surface area (Å²) in [4.78, 5) is 0. The van der Waals surface area contributed by atoms with E-state index in [1.165, 1.54) is 6.92 Å². The number of hydrogen-bond acceptors (Lipinski definition) is 0. The number of allylic oxidation sites excluding steroid dienone is 1. The van der Waals surface area contributed by atoms with Gasteiger partial charge in [0.1, 0.15) is 0 Å². The summed E-state index contributed by atoms with van der Waals surface area (Å²) >= 11 is 0. The maximum absolute atomic E-state index is 5.75. The van der Waals surface area contributed by atoms with Gasteiger partial charge in [0.15, 0.2) is 0 Å². The molecular formula is C5H9. The average Bonchev–Trinajstić information content (AvgIpc) is 1.46. The summed E-state index contributed by atoms with van der Waals surface area (Å²) in [5.74, 6) is 0. The summed E-state index contributed by atoms with van der Waals surface area (Å²) in [6.07, 6.45) is 1.75. The molecule has 0 saturated heterocycles. The van der Waals surface area contributed by atoms with E-state index < -0.39 is 0 Å². The molecule has 0 heteroatoms. The molecule has 0 amide bonds. The van der Waals surface area contributed by atoms with Crippen molar-refractivity contribution in [1.29, 1.82) is 0 Å². The van der Waals surface area contributed by atoms with E-state index in [9.17, 15) is 0 Å². The van der Waals surface area contributed by atoms with Crippen molar-refractivity contribution in [3.63, 3.8) is 0 Å². The van der Waals surface area contributed by atoms with Gasteiger partial charge < -0.3 is 0 Å². The summed E-state index contributed by atoms with van der Waals surface area (Å²) in [5, 5.41) is 0. The van der Waals surface area contributed by atoms with Crippen LogP contribution in [0.1, 0.15) is 13.8 Å². The Morgan fingerprint density at radius 1 is 1.60 bits per heavy atom. The molecule has 0 aromatic rings. The summed E-state index contributed by atoms with van der Waals surface area (Å²) in [7, 11) is 0. The summed E-state index contributed by atoms with van der Waals surface area (Å²) in [6.45, 7) is 12.2. The largest absolute Gasteiger partial charge is 0.103 e. The molecule has 0 atom stereocenters. The van der Waals surface area contributed by atoms with E-state index in [1.807, 2.05) is 6.92 Å². The van der Waals surface area contributed by atoms with Crippen LogP contribution in [-0.4, -0.2) is 0 Å². The van der Waals surface area contributed by atoms with Gasteiger partial charge in [-0.15, -0.1) is 6.58 Å². The van der Waals surface area contributed by atoms with Gasteiger partial charge in [0.05, 0.1) is 0 Å². The van der Waals surface area contributed by atoms with Crippen LogP contribution in [0.25, 0.3) is 0 Å². The maximum Gasteiger partial charge on any atom is -0.0130 e. The van der Waals surface area contributed by atoms with Gasteiger partial charge in [0.25, 0.3) is 0 Å². The van der Waals surface area contributed by atoms with E-state index in [-0.39, 0.29) is 0 Å². The smallest absolute Gasteiger partial charge is 0.0130 e. The van der Waals surface area contributed by atoms with Crippen molar-refractivity contribution < 1.29 is 0 Å². The minimum atomic E-state index is 1.25. The summed E-state index contributed by atoms with van der Waals surface area (Å²) < 4.78 is 0. The van der Waals surface area contributed by atoms with E-state index in [4.69, 9.17) is 6.92 Å². The molecule has 0 bridgehead atoms. The van der Waals surface area contributed by atoms with Gasteiger partial charge in [-0.2, -0.15) is 0 Å². The van der Waals surface area contributed by atoms with E-state index in [2.05, 4.69) is 6.58 Å². The third-order valence-electron chi connectivity index (χ3n) is 0. The zero-order valence-corrected chi connectivity index (χ0v) is 3.78. The molecule has 0 N–H and O–H groups in total. The lowest BCUT2D eigenvalue weighted by atomic mass is 10.8. The topological polar surface area (TPSA) is 0 Å². The molecule has 0 fully saturated rings. The molecule has 0 aliphatic heterocycles. The van der Waals surface area contributed by atoms with Crippen molar-refractivity contribution in [2.24, 2.45) is 0 Å². The van der Waals surface area contributed by atoms with Crippen LogP contribution >= 0.6 is 0 Å². The molecule has 0 spiro atoms. The summed E-state index contributed by atoms with van der Waals surface area (Å²) in [6, 6.07) is 0. The molecule has 0 aromatic carbocycles. The highest BCUT2D eigenvalue weighted by Gasteiger charge is 1.15. The lowest BCUT2D eigenvalue weighted by molar-refractivity contribution is 1.80. The summed E-state index contributed by atoms with van der Waals surface area (Å²) in [5.41, 5.74) is 0. The first-order valence-corrected chi connectivity index (χ1v) is 1.49. The Labute approximate surface area is 34.5 Å². The lowest BCUT2D eigenvalue weighted by Gasteiger charge is -1.31. The first-order valence-electron chi connectivity index (χ1n) is 1.49. The Morgan fingerprint density at radius 3 is 1.60 bits per heavy atom. The zero-order chi connectivity index (χ0) is 4.71. The second-order valence-corrected chi connectivity index (χ2v) is 0.408. The highest BCUT2D eigenvalue weighted by atomic mass is 13.2. The van der Waals surface area contributed by atoms with Crippen molar-refractivity contribution in [3.8, 4) is 0 Å². The van der Waals surface area contributed by atoms with Gasteiger partial charge in [-0.3, -0.25) is 0 Å². The van der Waals surface area contributed by atoms with Gasteiger partial charge in [-0.25, -0.2) is 0 Å². The fourth-order valence-corrected chi connectivity index (χ4v) is 0. The molecule has 0 unspecified atom stereocenters. The van der Waals surface area contributed by atoms with Gasteiger partial charge in [0, 0.05) is 0 Å². The fourth-order valence-electron chi connectivity index (χ4n) is 0. The molecule has 3 radical (unpaired) electrons. The molecule has 0 nitrogen and oxygen atoms in total. The zero-order valence-electron chi connectivity index (χ0n) is 3.78. The van der Waals surface area contributed by atoms with E-state index in [0.717, 1.165) is 0 Å². The Morgan fingerprint density at radius 2 is 1.60 bits per heavy atom. The second-order valence-electron chi connectivity index (χ2n) is 0.408. The van der Waals surface area contributed by atoms with Crippen LogP contribution in [0, 0.1) is 6.92 Å². The van der Waals surface area contributed by atoms with Gasteiger partial charge in [-0.05, 0) is 13.8 Å². The first-order chi connectivity index (χ1) is 2.41. The fraction of sp³-hybridized carbons (Fsp3) is 0.400. The second kappa shape index (κ2) is 51.3. The Bertz CT molecular complexity index is 7.51. The van der Waals surface area contributed by atoms with E-state index >= 15 is 0 Å². The third-order valence-corrected chi connectivity index (χ3v) is 0. The van der Waals surface area contributed by atoms with Crippen LogP contribution in [0.3, 0.4) is 0 Å². The van der Waals surface area contributed by atoms with Crippen molar-refractivity contribution in [2.45, 2.75) is 13.8 Å². The van der Waals surface area contributed by atoms with E-state index in [1.54, 1.807) is 6.08 Å². The maximum atomic E-state index is 5.75. The standard InChI is InChI=1S/C3H6.C2H3/c1-3-2;1-2/h3H,1H2,2H3;1H3. The van der Waals surface area contributed by atoms with E-state index in [0.29, 0.717) is 0 Å². The molecule has 0 aromatic heterocycles. The molecular weight excluding hydrogens is 60.1 g/mol. The minimum absolute atomic E-state index is 1.25. The first kappa shape index (κ1) is 8.83. The van der Waals surface area contributed by atoms with Gasteiger partial charge in [0.2, 0.25) is 0 Å². The molecule has 29 valence electrons. The SMILES string of the molecule is C=CC.[C]C. The Balaban J connectivity index is 0. The van der Waals surface area contributed by atoms with Gasteiger partial charge in [-0.1, -0.05) is 13.0 Å². The highest BCUT2D eigenvalue weighted by molar-refractivity contribution is 4.51. The van der Waals surface area contributed by atoms with Gasteiger partial charge >= 0.3 is 0 Å². The Hall–Kier alpha value is -0.260. The molecule has 0 rings (SSSR count). The van der Waals surface area contributed by atoms with Crippen LogP contribution in [0.2, 0.25) is 0 Å². The van der Waals surface area contributed by atoms with Crippen molar-refractivity contribution in [2.75, 3.05) is 0 Å². The monoisotopic (exact) mass is 69.1 g/mol. The molecule has 5 heavy (non-hydrogen) atoms. The molecule has 0 saturated carbocycles. The Kier molecular flexibility index (Phi) is 90.6. The van der Waals surface area contributed by atoms with Crippen molar-refractivity contribution in [1.82, 2.24) is 0 Å². The molecule has 0 heterocycles. The van der Waals surface area contributed by atoms with Crippen LogP contribution in [0.5, 0.6) is 0 Å². The van der Waals surface area contributed by atoms with Crippen LogP contribution in [0.15, 0.2) is 12.7 Å².